The molecule has 3 aromatic carbocycles. The van der Waals surface area contributed by atoms with Gasteiger partial charge >= 0.3 is 0 Å². The van der Waals surface area contributed by atoms with Crippen LogP contribution in [0.4, 0.5) is 5.69 Å². The number of nitrogens with one attached hydrogen (secondary N) is 1. The van der Waals surface area contributed by atoms with Gasteiger partial charge in [-0.1, -0.05) is 17.7 Å². The number of sulfonamides is 1. The topological polar surface area (TPSA) is 123 Å². The van der Waals surface area contributed by atoms with Gasteiger partial charge in [0.25, 0.3) is 15.9 Å². The number of hydrogen-bond acceptors (Lipinski definition) is 8. The summed E-state index contributed by atoms with van der Waals surface area (Å²) >= 11 is 6.56. The molecule has 2 aliphatic heterocycles. The lowest BCUT2D eigenvalue weighted by atomic mass is 9.80. The number of rotatable bonds is 8. The summed E-state index contributed by atoms with van der Waals surface area (Å²) in [7, 11) is 2.11. The zero-order chi connectivity index (χ0) is 31.1. The van der Waals surface area contributed by atoms with Crippen molar-refractivity contribution in [3.8, 4) is 11.8 Å². The summed E-state index contributed by atoms with van der Waals surface area (Å²) in [6.45, 7) is 0.809. The monoisotopic (exact) mass is 621 g/mol. The lowest BCUT2D eigenvalue weighted by Gasteiger charge is -2.42. The Hall–Kier alpha value is -3.95. The maximum Gasteiger partial charge on any atom is 0.271 e. The number of likely N-dealkylation sites (N-methyl/N-ethyl adjacent to an activating group) is 1. The second-order valence-electron chi connectivity index (χ2n) is 10.7. The molecule has 1 fully saturated rings. The number of ether oxygens (including phenoxy) is 1. The molecule has 0 aliphatic carbocycles. The lowest BCUT2D eigenvalue weighted by Crippen LogP contribution is -2.59. The molecule has 0 saturated carbocycles. The Kier molecular flexibility index (Phi) is 8.24. The highest BCUT2D eigenvalue weighted by atomic mass is 35.5. The van der Waals surface area contributed by atoms with Crippen LogP contribution in [0.5, 0.6) is 5.75 Å². The number of nitrogens with zero attached hydrogens (tertiary/aromatic N) is 4. The number of anilines is 1. The van der Waals surface area contributed by atoms with E-state index >= 15 is 4.79 Å². The minimum Gasteiger partial charge on any atom is -0.496 e. The number of likely N-dealkylation sites (tertiary alicyclic amines) is 1. The van der Waals surface area contributed by atoms with Crippen molar-refractivity contribution in [1.82, 2.24) is 15.1 Å². The molecule has 1 saturated heterocycles. The van der Waals surface area contributed by atoms with Gasteiger partial charge in [0.1, 0.15) is 5.75 Å². The molecule has 0 spiro atoms. The summed E-state index contributed by atoms with van der Waals surface area (Å²) in [5.74, 6) is -0.612. The standard InChI is InChI=1S/C31H32ClN5O5S/c1-34-19-21-9-14-28(42-4)25(16-21)31(36-15-5-6-27(36)29(38)35(2)3)24-17-22(32)10-13-26(24)37(30(31)39)43(40,41)23-11-7-20(18-33)8-12-23/h7-14,16-17,27,34H,5-6,15,19H2,1-4H3/t27-,31?/m0/s1. The largest absolute Gasteiger partial charge is 0.496 e. The van der Waals surface area contributed by atoms with Gasteiger partial charge in [0.05, 0.1) is 35.4 Å². The van der Waals surface area contributed by atoms with Crippen LogP contribution in [0.25, 0.3) is 0 Å². The number of hydrogen-bond donors (Lipinski definition) is 1. The molecule has 2 aliphatic rings. The molecule has 5 rings (SSSR count). The molecule has 0 bridgehead atoms. The first-order valence-electron chi connectivity index (χ1n) is 13.7. The Balaban J connectivity index is 1.87. The molecule has 2 heterocycles. The number of methoxy groups -OCH3 is 1. The van der Waals surface area contributed by atoms with Crippen molar-refractivity contribution in [2.24, 2.45) is 0 Å². The SMILES string of the molecule is CNCc1ccc(OC)c(C2(N3CCC[C@H]3C(=O)N(C)C)C(=O)N(S(=O)(=O)c3ccc(C#N)cc3)c3ccc(Cl)cc32)c1. The van der Waals surface area contributed by atoms with Gasteiger partial charge in [0.15, 0.2) is 5.54 Å². The van der Waals surface area contributed by atoms with Crippen molar-refractivity contribution < 1.29 is 22.7 Å². The molecule has 10 nitrogen and oxygen atoms in total. The van der Waals surface area contributed by atoms with Crippen LogP contribution in [0.3, 0.4) is 0 Å². The Labute approximate surface area is 256 Å². The number of fused-ring (bicyclic) bond motifs is 1. The number of benzene rings is 3. The predicted octanol–water partition coefficient (Wildman–Crippen LogP) is 3.47. The number of nitriles is 1. The Morgan fingerprint density at radius 2 is 1.86 bits per heavy atom. The van der Waals surface area contributed by atoms with E-state index in [1.807, 2.05) is 23.1 Å². The zero-order valence-corrected chi connectivity index (χ0v) is 25.9. The van der Waals surface area contributed by atoms with E-state index in [1.54, 1.807) is 33.3 Å². The summed E-state index contributed by atoms with van der Waals surface area (Å²) < 4.78 is 35.3. The van der Waals surface area contributed by atoms with Crippen molar-refractivity contribution in [2.45, 2.75) is 35.9 Å². The fraction of sp³-hybridized carbons (Fsp3) is 0.323. The third-order valence-electron chi connectivity index (χ3n) is 8.03. The first-order chi connectivity index (χ1) is 20.5. The number of carbonyl (C=O) groups is 2. The summed E-state index contributed by atoms with van der Waals surface area (Å²) in [4.78, 5) is 31.9. The summed E-state index contributed by atoms with van der Waals surface area (Å²) in [6.07, 6.45) is 1.08. The summed E-state index contributed by atoms with van der Waals surface area (Å²) in [6, 6.07) is 16.7. The van der Waals surface area contributed by atoms with Crippen molar-refractivity contribution in [3.63, 3.8) is 0 Å². The highest BCUT2D eigenvalue weighted by molar-refractivity contribution is 7.93. The van der Waals surface area contributed by atoms with Gasteiger partial charge in [0, 0.05) is 43.3 Å². The maximum absolute atomic E-state index is 15.2. The average molecular weight is 622 g/mol. The molecule has 1 unspecified atom stereocenters. The van der Waals surface area contributed by atoms with Crippen LogP contribution in [-0.4, -0.2) is 70.9 Å². The van der Waals surface area contributed by atoms with E-state index in [9.17, 15) is 18.5 Å². The normalized spacial score (nSPS) is 20.1. The minimum atomic E-state index is -4.49. The number of carbonyl (C=O) groups excluding carboxylic acids is 2. The van der Waals surface area contributed by atoms with Crippen LogP contribution in [-0.2, 0) is 31.7 Å². The van der Waals surface area contributed by atoms with Gasteiger partial charge in [-0.3, -0.25) is 14.5 Å². The highest BCUT2D eigenvalue weighted by Crippen LogP contribution is 2.55. The Bertz CT molecular complexity index is 1740. The summed E-state index contributed by atoms with van der Waals surface area (Å²) in [5, 5.41) is 12.7. The van der Waals surface area contributed by atoms with E-state index < -0.39 is 27.5 Å². The van der Waals surface area contributed by atoms with Crippen LogP contribution in [0.2, 0.25) is 5.02 Å². The Morgan fingerprint density at radius 1 is 1.14 bits per heavy atom. The van der Waals surface area contributed by atoms with Gasteiger partial charge in [-0.2, -0.15) is 5.26 Å². The maximum atomic E-state index is 15.2. The Morgan fingerprint density at radius 3 is 2.49 bits per heavy atom. The highest BCUT2D eigenvalue weighted by Gasteiger charge is 2.63. The van der Waals surface area contributed by atoms with Crippen LogP contribution in [0.1, 0.15) is 35.1 Å². The molecule has 2 amide bonds. The van der Waals surface area contributed by atoms with Crippen LogP contribution >= 0.6 is 11.6 Å². The van der Waals surface area contributed by atoms with Crippen molar-refractivity contribution in [3.05, 3.63) is 87.9 Å². The van der Waals surface area contributed by atoms with E-state index in [0.29, 0.717) is 47.8 Å². The third kappa shape index (κ3) is 4.84. The average Bonchev–Trinajstić information content (AvgIpc) is 3.57. The fourth-order valence-corrected chi connectivity index (χ4v) is 7.79. The van der Waals surface area contributed by atoms with Crippen LogP contribution < -0.4 is 14.4 Å². The molecular formula is C31H32ClN5O5S. The third-order valence-corrected chi connectivity index (χ3v) is 9.97. The lowest BCUT2D eigenvalue weighted by molar-refractivity contribution is -0.138. The quantitative estimate of drug-likeness (QED) is 0.406. The zero-order valence-electron chi connectivity index (χ0n) is 24.3. The molecule has 3 aromatic rings. The molecule has 43 heavy (non-hydrogen) atoms. The fourth-order valence-electron chi connectivity index (χ4n) is 6.16. The van der Waals surface area contributed by atoms with E-state index in [4.69, 9.17) is 16.3 Å². The first kappa shape index (κ1) is 30.5. The van der Waals surface area contributed by atoms with Gasteiger partial charge < -0.3 is 15.0 Å². The predicted molar refractivity (Wildman–Crippen MR) is 162 cm³/mol. The molecule has 0 radical (unpaired) electrons. The molecule has 0 aromatic heterocycles. The van der Waals surface area contributed by atoms with Gasteiger partial charge in [-0.25, -0.2) is 12.7 Å². The molecule has 2 atom stereocenters. The second kappa shape index (κ2) is 11.6. The number of amides is 2. The second-order valence-corrected chi connectivity index (χ2v) is 13.0. The van der Waals surface area contributed by atoms with Gasteiger partial charge in [-0.05, 0) is 80.1 Å². The van der Waals surface area contributed by atoms with E-state index in [2.05, 4.69) is 5.32 Å². The molecular weight excluding hydrogens is 590 g/mol. The van der Waals surface area contributed by atoms with E-state index in [-0.39, 0.29) is 22.1 Å². The van der Waals surface area contributed by atoms with Crippen LogP contribution in [0, 0.1) is 11.3 Å². The van der Waals surface area contributed by atoms with Gasteiger partial charge in [-0.15, -0.1) is 0 Å². The smallest absolute Gasteiger partial charge is 0.271 e. The molecule has 12 heteroatoms. The number of halogens is 1. The summed E-state index contributed by atoms with van der Waals surface area (Å²) in [5.41, 5.74) is 0.205. The van der Waals surface area contributed by atoms with Crippen molar-refractivity contribution in [1.29, 1.82) is 5.26 Å². The van der Waals surface area contributed by atoms with E-state index in [0.717, 1.165) is 9.87 Å². The van der Waals surface area contributed by atoms with E-state index in [1.165, 1.54) is 48.4 Å². The molecule has 224 valence electrons. The van der Waals surface area contributed by atoms with Gasteiger partial charge in [0.2, 0.25) is 5.91 Å². The molecule has 1 N–H and O–H groups in total. The first-order valence-corrected chi connectivity index (χ1v) is 15.5. The van der Waals surface area contributed by atoms with Crippen molar-refractivity contribution in [2.75, 3.05) is 39.1 Å². The van der Waals surface area contributed by atoms with Crippen LogP contribution in [0.15, 0.2) is 65.6 Å². The van der Waals surface area contributed by atoms with Crippen molar-refractivity contribution >= 4 is 39.1 Å². The minimum absolute atomic E-state index is 0.128.